The molecule has 5 aliphatic rings. The van der Waals surface area contributed by atoms with Crippen LogP contribution in [0.4, 0.5) is 62.8 Å². The Morgan fingerprint density at radius 3 is 1.66 bits per heavy atom. The number of rotatable bonds is 17. The van der Waals surface area contributed by atoms with Gasteiger partial charge in [-0.1, -0.05) is 61.0 Å². The summed E-state index contributed by atoms with van der Waals surface area (Å²) in [5.41, 5.74) is 0.111. The summed E-state index contributed by atoms with van der Waals surface area (Å²) in [5, 5.41) is 21.6. The molecular formula is C83H101F5N16O6. The highest BCUT2D eigenvalue weighted by atomic mass is 19.3. The molecule has 9 aromatic rings. The number of hydrogen-bond donors (Lipinski definition) is 5. The zero-order chi connectivity index (χ0) is 82.0. The third kappa shape index (κ3) is 17.2. The summed E-state index contributed by atoms with van der Waals surface area (Å²) in [6, 6.07) is 20.6. The highest BCUT2D eigenvalue weighted by Gasteiger charge is 2.67. The number of halogens is 5. The average Bonchev–Trinajstić information content (AvgIpc) is 1.73. The summed E-state index contributed by atoms with van der Waals surface area (Å²) in [4.78, 5) is 83.1. The van der Waals surface area contributed by atoms with Crippen LogP contribution in [0.15, 0.2) is 79.0 Å². The molecule has 0 spiro atoms. The number of anilines is 4. The number of benzene rings is 4. The van der Waals surface area contributed by atoms with Gasteiger partial charge in [0.25, 0.3) is 5.92 Å². The molecule has 0 saturated heterocycles. The van der Waals surface area contributed by atoms with Crippen molar-refractivity contribution >= 4 is 109 Å². The highest BCUT2D eigenvalue weighted by molar-refractivity contribution is 5.97. The van der Waals surface area contributed by atoms with E-state index in [4.69, 9.17) is 28.6 Å². The average molecular weight is 1520 g/mol. The third-order valence-electron chi connectivity index (χ3n) is 21.8. The van der Waals surface area contributed by atoms with Crippen LogP contribution in [0.2, 0.25) is 0 Å². The first-order valence-electron chi connectivity index (χ1n) is 38.3. The molecule has 4 aromatic carbocycles. The Morgan fingerprint density at radius 2 is 1.16 bits per heavy atom. The number of nitrogens with one attached hydrogen (secondary N) is 4. The fourth-order valence-corrected chi connectivity index (χ4v) is 14.6. The molecule has 5 saturated carbocycles. The van der Waals surface area contributed by atoms with Crippen molar-refractivity contribution in [3.05, 3.63) is 136 Å². The minimum Gasteiger partial charge on any atom is -0.496 e. The number of hydrogen-bond acceptors (Lipinski definition) is 11. The van der Waals surface area contributed by atoms with Crippen molar-refractivity contribution in [1.82, 2.24) is 43.2 Å². The topological polar surface area (TPSA) is 243 Å². The zero-order valence-electron chi connectivity index (χ0n) is 67.2. The van der Waals surface area contributed by atoms with Crippen molar-refractivity contribution < 1.29 is 55.1 Å². The Kier molecular flexibility index (Phi) is 21.6. The quantitative estimate of drug-likeness (QED) is 0.0424. The second-order valence-electron chi connectivity index (χ2n) is 33.7. The summed E-state index contributed by atoms with van der Waals surface area (Å²) in [5.74, 6) is -5.16. The number of imidazole rings is 4. The van der Waals surface area contributed by atoms with E-state index < -0.39 is 77.2 Å². The van der Waals surface area contributed by atoms with Crippen LogP contribution in [0.5, 0.6) is 5.75 Å². The lowest BCUT2D eigenvalue weighted by molar-refractivity contribution is -0.242. The van der Waals surface area contributed by atoms with E-state index in [1.54, 1.807) is 66.6 Å². The van der Waals surface area contributed by atoms with Crippen LogP contribution in [-0.4, -0.2) is 90.6 Å². The fourth-order valence-electron chi connectivity index (χ4n) is 14.6. The van der Waals surface area contributed by atoms with Crippen LogP contribution in [-0.2, 0) is 46.8 Å². The van der Waals surface area contributed by atoms with Gasteiger partial charge in [-0.3, -0.25) is 45.4 Å². The monoisotopic (exact) mass is 1520 g/mol. The lowest BCUT2D eigenvalue weighted by atomic mass is 9.67. The molecule has 2 unspecified atom stereocenters. The van der Waals surface area contributed by atoms with E-state index in [1.165, 1.54) is 26.3 Å². The molecule has 584 valence electrons. The number of nitrogens with zero attached hydrogens (tertiary/aromatic N) is 12. The number of ether oxygens (including phenoxy) is 1. The first kappa shape index (κ1) is 77.8. The van der Waals surface area contributed by atoms with Gasteiger partial charge in [0.1, 0.15) is 28.1 Å². The number of aliphatic hydroxyl groups is 1. The van der Waals surface area contributed by atoms with Crippen LogP contribution in [0, 0.1) is 48.1 Å². The van der Waals surface area contributed by atoms with Gasteiger partial charge >= 0.3 is 0 Å². The van der Waals surface area contributed by atoms with Crippen molar-refractivity contribution in [2.75, 3.05) is 28.4 Å². The van der Waals surface area contributed by atoms with E-state index >= 15 is 0 Å². The Morgan fingerprint density at radius 1 is 0.627 bits per heavy atom. The molecule has 22 nitrogen and oxygen atoms in total. The summed E-state index contributed by atoms with van der Waals surface area (Å²) >= 11 is 0. The van der Waals surface area contributed by atoms with Crippen LogP contribution >= 0.6 is 0 Å². The van der Waals surface area contributed by atoms with Gasteiger partial charge in [0.2, 0.25) is 47.4 Å². The van der Waals surface area contributed by atoms with Gasteiger partial charge in [-0.15, -0.1) is 0 Å². The number of amides is 4. The number of methoxy groups -OCH3 is 1. The standard InChI is InChI=1S/C22H27F4N3O2.C22H23N5O.C19H23FN4O.C19H24N4O2.CH4/c1-19(2,31)12-8-14(23)17-15(9-12)29(20(3)6-5-7-20)18(28-17)27-16(30)10-13-11-22(25,26)21(13,4)24;1-22(2,19-9-4-5-12-24-19)14-20(28)26-21-25-17-11-10-15(23-3)13-18(17)27(21)16-7-6-8-16;1-18(2,3)11-15(25)22-17-23-16-13(20)9-12(21-5)10-14(16)24(17)19(4)7-6-8-19;1-18(2,3)23-13-9-12(20-5)10-14(25-6)16(13)22-17(23)21-15(24)11-19(4)7-8-19;/h8-9,13,31H,5-7,10-11H2,1-4H3,(H,27,28,30);4-5,9-13,16H,6-8,14H2,1-2H3,(H,25,26,28);9-10H,6-8,11H2,1-4H3,(H,22,23,25);9-10H,7-8,11H2,1-4,6H3,(H,21,22,24);1H4/i;;1D3;;. The molecule has 14 rings (SSSR count). The predicted octanol–water partition coefficient (Wildman–Crippen LogP) is 20.1. The lowest BCUT2D eigenvalue weighted by Gasteiger charge is -2.47. The van der Waals surface area contributed by atoms with Gasteiger partial charge in [0.05, 0.1) is 60.0 Å². The van der Waals surface area contributed by atoms with Crippen LogP contribution in [0.25, 0.3) is 58.7 Å². The lowest BCUT2D eigenvalue weighted by Crippen LogP contribution is -2.60. The van der Waals surface area contributed by atoms with Gasteiger partial charge in [-0.05, 0) is 203 Å². The van der Waals surface area contributed by atoms with Crippen molar-refractivity contribution in [2.24, 2.45) is 16.7 Å². The number of aromatic nitrogens is 9. The summed E-state index contributed by atoms with van der Waals surface area (Å²) in [6.45, 7) is 42.7. The zero-order valence-corrected chi connectivity index (χ0v) is 64.2. The largest absolute Gasteiger partial charge is 0.496 e. The maximum Gasteiger partial charge on any atom is 0.281 e. The van der Waals surface area contributed by atoms with Gasteiger partial charge in [0, 0.05) is 82.1 Å². The maximum absolute atomic E-state index is 14.8. The normalized spacial score (nSPS) is 19.1. The SMILES string of the molecule is C.CC(C)(O)c1cc(F)c2nc(NC(=O)CC3CC(F)(F)C3(C)F)n(C3(C)CCC3)c2c1.[2H]C([2H])([2H])C(C)(C)CC(=O)Nc1nc2c(F)cc([N+]#[C-])cc2n1C1(C)CCC1.[C-]#[N+]c1cc(OC)c2nc(NC(=O)CC3(C)CC3)n(C(C)(C)C)c2c1.[C-]#[N+]c1ccc2nc(NC(=O)CC(C)(C)c3ccccn3)n(C3CCC3)c2c1. The van der Waals surface area contributed by atoms with Crippen LogP contribution in [0.3, 0.4) is 0 Å². The Balaban J connectivity index is 0.000000160. The highest BCUT2D eigenvalue weighted by Crippen LogP contribution is 2.56. The van der Waals surface area contributed by atoms with E-state index in [0.29, 0.717) is 70.0 Å². The molecule has 0 aliphatic heterocycles. The van der Waals surface area contributed by atoms with Gasteiger partial charge in [-0.2, -0.15) is 0 Å². The van der Waals surface area contributed by atoms with E-state index in [-0.39, 0.29) is 76.2 Å². The molecule has 4 amide bonds. The molecule has 5 heterocycles. The molecular weight excluding hydrogens is 1410 g/mol. The van der Waals surface area contributed by atoms with Gasteiger partial charge < -0.3 is 28.1 Å². The Labute approximate surface area is 643 Å². The molecule has 0 bridgehead atoms. The number of pyridine rings is 1. The molecule has 2 atom stereocenters. The molecule has 5 aromatic heterocycles. The minimum absolute atomic E-state index is 0. The van der Waals surface area contributed by atoms with E-state index in [0.717, 1.165) is 99.4 Å². The molecule has 0 radical (unpaired) electrons. The minimum atomic E-state index is -3.44. The summed E-state index contributed by atoms with van der Waals surface area (Å²) in [7, 11) is 1.56. The first-order valence-corrected chi connectivity index (χ1v) is 36.8. The molecule has 5 N–H and O–H groups in total. The van der Waals surface area contributed by atoms with Crippen LogP contribution < -0.4 is 26.0 Å². The van der Waals surface area contributed by atoms with Crippen molar-refractivity contribution in [2.45, 2.75) is 252 Å². The Hall–Kier alpha value is -10.3. The number of alkyl halides is 3. The smallest absolute Gasteiger partial charge is 0.281 e. The molecule has 27 heteroatoms. The predicted molar refractivity (Wildman–Crippen MR) is 419 cm³/mol. The molecule has 5 fully saturated rings. The van der Waals surface area contributed by atoms with Crippen molar-refractivity contribution in [3.63, 3.8) is 0 Å². The Bertz CT molecular complexity index is 5280. The summed E-state index contributed by atoms with van der Waals surface area (Å²) < 4.78 is 106. The van der Waals surface area contributed by atoms with E-state index in [9.17, 15) is 46.2 Å². The van der Waals surface area contributed by atoms with Gasteiger partial charge in [0.15, 0.2) is 28.5 Å². The second kappa shape index (κ2) is 30.5. The first-order chi connectivity index (χ1) is 52.2. The summed E-state index contributed by atoms with van der Waals surface area (Å²) in [6.07, 6.45) is 11.9. The second-order valence-corrected chi connectivity index (χ2v) is 33.7. The fraction of sp³-hybridized carbons (Fsp3) is 0.518. The maximum atomic E-state index is 14.8. The van der Waals surface area contributed by atoms with Gasteiger partial charge in [-0.25, -0.2) is 56.4 Å². The van der Waals surface area contributed by atoms with Crippen LogP contribution in [0.1, 0.15) is 228 Å². The van der Waals surface area contributed by atoms with Crippen molar-refractivity contribution in [3.8, 4) is 5.75 Å². The van der Waals surface area contributed by atoms with E-state index in [2.05, 4.69) is 72.2 Å². The number of fused-ring (bicyclic) bond motifs is 4. The number of carbonyl (C=O) groups excluding carboxylic acids is 4. The molecule has 110 heavy (non-hydrogen) atoms. The third-order valence-corrected chi connectivity index (χ3v) is 21.8. The number of carbonyl (C=O) groups is 4. The molecule has 5 aliphatic carbocycles. The van der Waals surface area contributed by atoms with Crippen molar-refractivity contribution in [1.29, 1.82) is 0 Å². The van der Waals surface area contributed by atoms with E-state index in [1.807, 2.05) is 83.4 Å².